The molecule has 0 atom stereocenters. The van der Waals surface area contributed by atoms with Crippen LogP contribution in [0, 0.1) is 0 Å². The second kappa shape index (κ2) is 25.8. The summed E-state index contributed by atoms with van der Waals surface area (Å²) < 4.78 is 66.0. The Morgan fingerprint density at radius 1 is 0.412 bits per heavy atom. The monoisotopic (exact) mass is 532 g/mol. The molecular weight excluding hydrogens is 480 g/mol. The van der Waals surface area contributed by atoms with Crippen molar-refractivity contribution in [2.75, 3.05) is 13.2 Å². The SMILES string of the molecule is CCCCCCCCCCCCOS(=O)(=O)O.CCCCCCCCCCCCOS(=O)(=O)O. The first kappa shape index (κ1) is 35.9. The maximum absolute atomic E-state index is 10.2. The first-order valence-corrected chi connectivity index (χ1v) is 16.1. The molecule has 0 aromatic rings. The highest BCUT2D eigenvalue weighted by atomic mass is 32.3. The molecule has 0 radical (unpaired) electrons. The Morgan fingerprint density at radius 2 is 0.618 bits per heavy atom. The van der Waals surface area contributed by atoms with Crippen LogP contribution in [0.2, 0.25) is 0 Å². The summed E-state index contributed by atoms with van der Waals surface area (Å²) in [4.78, 5) is 0. The van der Waals surface area contributed by atoms with Crippen LogP contribution in [0.5, 0.6) is 0 Å². The normalized spacial score (nSPS) is 11.9. The Hall–Kier alpha value is -0.260. The fourth-order valence-corrected chi connectivity index (χ4v) is 4.16. The molecule has 0 aromatic heterocycles. The molecule has 0 aliphatic heterocycles. The topological polar surface area (TPSA) is 127 Å². The molecule has 0 unspecified atom stereocenters. The van der Waals surface area contributed by atoms with Gasteiger partial charge in [0, 0.05) is 0 Å². The molecule has 0 saturated carbocycles. The zero-order valence-corrected chi connectivity index (χ0v) is 23.3. The zero-order valence-electron chi connectivity index (χ0n) is 21.7. The zero-order chi connectivity index (χ0) is 26.0. The van der Waals surface area contributed by atoms with Crippen molar-refractivity contribution in [3.8, 4) is 0 Å². The largest absolute Gasteiger partial charge is 0.397 e. The average Bonchev–Trinajstić information content (AvgIpc) is 2.75. The van der Waals surface area contributed by atoms with Gasteiger partial charge in [0.2, 0.25) is 0 Å². The van der Waals surface area contributed by atoms with Crippen LogP contribution in [-0.4, -0.2) is 39.2 Å². The minimum atomic E-state index is -4.23. The summed E-state index contributed by atoms with van der Waals surface area (Å²) >= 11 is 0. The maximum Gasteiger partial charge on any atom is 0.397 e. The Bertz CT molecular complexity index is 552. The van der Waals surface area contributed by atoms with Crippen molar-refractivity contribution in [1.29, 1.82) is 0 Å². The highest BCUT2D eigenvalue weighted by Gasteiger charge is 2.03. The van der Waals surface area contributed by atoms with Crippen molar-refractivity contribution < 1.29 is 34.3 Å². The van der Waals surface area contributed by atoms with Crippen LogP contribution in [0.25, 0.3) is 0 Å². The fourth-order valence-electron chi connectivity index (χ4n) is 3.51. The van der Waals surface area contributed by atoms with Gasteiger partial charge in [0.15, 0.2) is 0 Å². The van der Waals surface area contributed by atoms with E-state index < -0.39 is 20.8 Å². The van der Waals surface area contributed by atoms with Crippen LogP contribution in [0.3, 0.4) is 0 Å². The molecule has 0 rings (SSSR count). The van der Waals surface area contributed by atoms with Gasteiger partial charge in [-0.3, -0.25) is 9.11 Å². The van der Waals surface area contributed by atoms with Crippen LogP contribution in [0.15, 0.2) is 0 Å². The first-order chi connectivity index (χ1) is 16.1. The molecule has 8 nitrogen and oxygen atoms in total. The molecule has 0 bridgehead atoms. The molecule has 0 aromatic carbocycles. The molecular formula is C24H52O8S2. The summed E-state index contributed by atoms with van der Waals surface area (Å²) in [5.74, 6) is 0. The Morgan fingerprint density at radius 3 is 0.824 bits per heavy atom. The van der Waals surface area contributed by atoms with Gasteiger partial charge in [-0.2, -0.15) is 16.8 Å². The molecule has 10 heteroatoms. The molecule has 0 saturated heterocycles. The third kappa shape index (κ3) is 39.0. The lowest BCUT2D eigenvalue weighted by Crippen LogP contribution is -2.04. The van der Waals surface area contributed by atoms with Crippen molar-refractivity contribution in [3.63, 3.8) is 0 Å². The lowest BCUT2D eigenvalue weighted by molar-refractivity contribution is 0.260. The summed E-state index contributed by atoms with van der Waals surface area (Å²) in [6.07, 6.45) is 23.7. The Balaban J connectivity index is 0. The number of hydrogen-bond acceptors (Lipinski definition) is 6. The predicted molar refractivity (Wildman–Crippen MR) is 139 cm³/mol. The van der Waals surface area contributed by atoms with Crippen LogP contribution in [0.4, 0.5) is 0 Å². The highest BCUT2D eigenvalue weighted by Crippen LogP contribution is 2.11. The molecule has 0 aliphatic rings. The van der Waals surface area contributed by atoms with Gasteiger partial charge in [0.25, 0.3) is 0 Å². The third-order valence-electron chi connectivity index (χ3n) is 5.46. The highest BCUT2D eigenvalue weighted by molar-refractivity contribution is 7.81. The van der Waals surface area contributed by atoms with Gasteiger partial charge in [-0.25, -0.2) is 8.37 Å². The number of hydrogen-bond donors (Lipinski definition) is 2. The van der Waals surface area contributed by atoms with E-state index in [0.29, 0.717) is 12.8 Å². The summed E-state index contributed by atoms with van der Waals surface area (Å²) in [6.45, 7) is 4.62. The summed E-state index contributed by atoms with van der Waals surface area (Å²) in [5, 5.41) is 0. The van der Waals surface area contributed by atoms with Crippen molar-refractivity contribution >= 4 is 20.8 Å². The van der Waals surface area contributed by atoms with Gasteiger partial charge >= 0.3 is 20.8 Å². The van der Waals surface area contributed by atoms with E-state index in [9.17, 15) is 16.8 Å². The molecule has 0 aliphatic carbocycles. The quantitative estimate of drug-likeness (QED) is 0.0968. The number of rotatable bonds is 24. The van der Waals surface area contributed by atoms with Gasteiger partial charge in [-0.1, -0.05) is 129 Å². The molecule has 0 spiro atoms. The lowest BCUT2D eigenvalue weighted by atomic mass is 10.1. The van der Waals surface area contributed by atoms with Crippen LogP contribution in [-0.2, 0) is 29.2 Å². The van der Waals surface area contributed by atoms with E-state index in [4.69, 9.17) is 9.11 Å². The molecule has 0 amide bonds. The van der Waals surface area contributed by atoms with E-state index in [-0.39, 0.29) is 13.2 Å². The van der Waals surface area contributed by atoms with Crippen molar-refractivity contribution in [1.82, 2.24) is 0 Å². The van der Waals surface area contributed by atoms with Crippen LogP contribution in [0.1, 0.15) is 142 Å². The van der Waals surface area contributed by atoms with Gasteiger partial charge < -0.3 is 0 Å². The maximum atomic E-state index is 10.2. The van der Waals surface area contributed by atoms with Crippen molar-refractivity contribution in [2.24, 2.45) is 0 Å². The van der Waals surface area contributed by atoms with E-state index in [1.807, 2.05) is 0 Å². The van der Waals surface area contributed by atoms with Crippen molar-refractivity contribution in [3.05, 3.63) is 0 Å². The predicted octanol–water partition coefficient (Wildman–Crippen LogP) is 7.45. The second-order valence-corrected chi connectivity index (χ2v) is 11.0. The summed E-state index contributed by atoms with van der Waals surface area (Å²) in [5.41, 5.74) is 0. The smallest absolute Gasteiger partial charge is 0.264 e. The Kier molecular flexibility index (Phi) is 27.3. The summed E-state index contributed by atoms with van der Waals surface area (Å²) in [6, 6.07) is 0. The lowest BCUT2D eigenvalue weighted by Gasteiger charge is -2.02. The van der Waals surface area contributed by atoms with E-state index in [1.54, 1.807) is 0 Å². The standard InChI is InChI=1S/2C12H26O4S/c2*1-2-3-4-5-6-7-8-9-10-11-12-16-17(13,14)15/h2*2-12H2,1H3,(H,13,14,15). The molecule has 208 valence electrons. The fraction of sp³-hybridized carbons (Fsp3) is 1.00. The van der Waals surface area contributed by atoms with Crippen molar-refractivity contribution in [2.45, 2.75) is 142 Å². The second-order valence-electron chi connectivity index (χ2n) is 8.86. The molecule has 34 heavy (non-hydrogen) atoms. The van der Waals surface area contributed by atoms with Gasteiger partial charge in [0.05, 0.1) is 13.2 Å². The minimum Gasteiger partial charge on any atom is -0.264 e. The first-order valence-electron chi connectivity index (χ1n) is 13.4. The number of unbranched alkanes of at least 4 members (excludes halogenated alkanes) is 18. The molecule has 0 heterocycles. The van der Waals surface area contributed by atoms with E-state index in [0.717, 1.165) is 25.7 Å². The average molecular weight is 533 g/mol. The third-order valence-corrected chi connectivity index (χ3v) is 6.39. The van der Waals surface area contributed by atoms with Crippen LogP contribution < -0.4 is 0 Å². The van der Waals surface area contributed by atoms with Gasteiger partial charge in [-0.15, -0.1) is 0 Å². The minimum absolute atomic E-state index is 0.0926. The van der Waals surface area contributed by atoms with Gasteiger partial charge in [-0.05, 0) is 12.8 Å². The molecule has 0 fully saturated rings. The van der Waals surface area contributed by atoms with Crippen LogP contribution >= 0.6 is 0 Å². The van der Waals surface area contributed by atoms with E-state index in [2.05, 4.69) is 22.2 Å². The van der Waals surface area contributed by atoms with Gasteiger partial charge in [0.1, 0.15) is 0 Å². The summed E-state index contributed by atoms with van der Waals surface area (Å²) in [7, 11) is -8.47. The van der Waals surface area contributed by atoms with E-state index in [1.165, 1.54) is 89.9 Å². The molecule has 2 N–H and O–H groups in total. The Labute approximate surface area is 210 Å². The van der Waals surface area contributed by atoms with E-state index >= 15 is 0 Å².